The Labute approximate surface area is 161 Å². The highest BCUT2D eigenvalue weighted by molar-refractivity contribution is 7.20. The number of amides is 1. The molecule has 0 unspecified atom stereocenters. The van der Waals surface area contributed by atoms with E-state index < -0.39 is 0 Å². The molecule has 0 saturated carbocycles. The number of fused-ring (bicyclic) bond motifs is 1. The number of carbonyl (C=O) groups is 1. The van der Waals surface area contributed by atoms with Crippen LogP contribution >= 0.6 is 11.3 Å². The van der Waals surface area contributed by atoms with E-state index in [1.807, 2.05) is 32.0 Å². The molecule has 0 spiro atoms. The Morgan fingerprint density at radius 3 is 2.85 bits per heavy atom. The Kier molecular flexibility index (Phi) is 4.75. The van der Waals surface area contributed by atoms with E-state index in [2.05, 4.69) is 25.2 Å². The van der Waals surface area contributed by atoms with Gasteiger partial charge in [-0.2, -0.15) is 0 Å². The molecule has 0 bridgehead atoms. The van der Waals surface area contributed by atoms with Gasteiger partial charge in [-0.25, -0.2) is 15.0 Å². The Balaban J connectivity index is 1.74. The number of ether oxygens (including phenoxy) is 1. The summed E-state index contributed by atoms with van der Waals surface area (Å²) in [4.78, 5) is 29.7. The molecule has 3 aromatic rings. The molecular formula is C19H21N5O2S. The van der Waals surface area contributed by atoms with E-state index in [1.54, 1.807) is 13.2 Å². The summed E-state index contributed by atoms with van der Waals surface area (Å²) in [5.41, 5.74) is 2.78. The summed E-state index contributed by atoms with van der Waals surface area (Å²) in [6, 6.07) is 5.85. The van der Waals surface area contributed by atoms with Gasteiger partial charge in [-0.05, 0) is 26.0 Å². The van der Waals surface area contributed by atoms with Crippen molar-refractivity contribution in [2.75, 3.05) is 31.6 Å². The Morgan fingerprint density at radius 2 is 2.11 bits per heavy atom. The van der Waals surface area contributed by atoms with Gasteiger partial charge in [-0.15, -0.1) is 11.3 Å². The standard InChI is InChI=1S/C19H21N5O2S/c1-11-9-12(2)23-19(22-11)24-7-8-26-14(10-24)15-13-5-4-6-21-18(13)27-16(15)17(25)20-3/h4-6,9,14H,7-8,10H2,1-3H3,(H,20,25)/t14-/m1/s1. The van der Waals surface area contributed by atoms with Crippen LogP contribution in [0.15, 0.2) is 24.4 Å². The summed E-state index contributed by atoms with van der Waals surface area (Å²) in [5, 5.41) is 3.70. The fraction of sp³-hybridized carbons (Fsp3) is 0.368. The van der Waals surface area contributed by atoms with Crippen molar-refractivity contribution in [3.8, 4) is 0 Å². The normalized spacial score (nSPS) is 17.3. The average molecular weight is 383 g/mol. The minimum Gasteiger partial charge on any atom is -0.370 e. The number of morpholine rings is 1. The third-order valence-corrected chi connectivity index (χ3v) is 5.71. The molecule has 27 heavy (non-hydrogen) atoms. The molecule has 1 aliphatic rings. The molecule has 140 valence electrons. The third kappa shape index (κ3) is 3.38. The molecule has 0 radical (unpaired) electrons. The second kappa shape index (κ2) is 7.21. The molecule has 1 fully saturated rings. The number of carbonyl (C=O) groups excluding carboxylic acids is 1. The molecule has 0 aliphatic carbocycles. The number of hydrogen-bond acceptors (Lipinski definition) is 7. The maximum atomic E-state index is 12.5. The van der Waals surface area contributed by atoms with Crippen LogP contribution in [0, 0.1) is 13.8 Å². The zero-order valence-corrected chi connectivity index (χ0v) is 16.3. The van der Waals surface area contributed by atoms with Crippen LogP contribution in [0.1, 0.15) is 32.7 Å². The Morgan fingerprint density at radius 1 is 1.33 bits per heavy atom. The summed E-state index contributed by atoms with van der Waals surface area (Å²) >= 11 is 1.40. The lowest BCUT2D eigenvalue weighted by Crippen LogP contribution is -2.40. The minimum atomic E-state index is -0.242. The fourth-order valence-electron chi connectivity index (χ4n) is 3.41. The molecule has 8 heteroatoms. The fourth-order valence-corrected chi connectivity index (χ4v) is 4.55. The minimum absolute atomic E-state index is 0.114. The highest BCUT2D eigenvalue weighted by atomic mass is 32.1. The van der Waals surface area contributed by atoms with Gasteiger partial charge < -0.3 is 15.0 Å². The Hall–Kier alpha value is -2.58. The first-order valence-corrected chi connectivity index (χ1v) is 9.67. The van der Waals surface area contributed by atoms with E-state index >= 15 is 0 Å². The van der Waals surface area contributed by atoms with Gasteiger partial charge >= 0.3 is 0 Å². The number of rotatable bonds is 3. The van der Waals surface area contributed by atoms with Crippen molar-refractivity contribution in [3.63, 3.8) is 0 Å². The maximum absolute atomic E-state index is 12.5. The second-order valence-electron chi connectivity index (χ2n) is 6.54. The van der Waals surface area contributed by atoms with Crippen LogP contribution in [0.3, 0.4) is 0 Å². The topological polar surface area (TPSA) is 80.2 Å². The molecule has 1 N–H and O–H groups in total. The van der Waals surface area contributed by atoms with Crippen molar-refractivity contribution in [2.45, 2.75) is 20.0 Å². The number of hydrogen-bond donors (Lipinski definition) is 1. The van der Waals surface area contributed by atoms with Crippen molar-refractivity contribution in [2.24, 2.45) is 0 Å². The van der Waals surface area contributed by atoms with E-state index in [0.29, 0.717) is 24.0 Å². The van der Waals surface area contributed by atoms with Gasteiger partial charge in [0.2, 0.25) is 5.95 Å². The van der Waals surface area contributed by atoms with Crippen LogP contribution in [-0.2, 0) is 4.74 Å². The molecule has 1 saturated heterocycles. The quantitative estimate of drug-likeness (QED) is 0.749. The van der Waals surface area contributed by atoms with Crippen LogP contribution in [0.5, 0.6) is 0 Å². The summed E-state index contributed by atoms with van der Waals surface area (Å²) < 4.78 is 6.08. The first kappa shape index (κ1) is 17.8. The monoisotopic (exact) mass is 383 g/mol. The molecule has 1 aliphatic heterocycles. The Bertz CT molecular complexity index is 983. The van der Waals surface area contributed by atoms with E-state index in [-0.39, 0.29) is 12.0 Å². The summed E-state index contributed by atoms with van der Waals surface area (Å²) in [6.45, 7) is 5.80. The summed E-state index contributed by atoms with van der Waals surface area (Å²) in [5.74, 6) is 0.594. The van der Waals surface area contributed by atoms with E-state index in [0.717, 1.165) is 33.7 Å². The van der Waals surface area contributed by atoms with Crippen LogP contribution < -0.4 is 10.2 Å². The van der Waals surface area contributed by atoms with E-state index in [9.17, 15) is 4.79 Å². The SMILES string of the molecule is CNC(=O)c1sc2ncccc2c1[C@H]1CN(c2nc(C)cc(C)n2)CCO1. The summed E-state index contributed by atoms with van der Waals surface area (Å²) in [6.07, 6.45) is 1.50. The van der Waals surface area contributed by atoms with Crippen molar-refractivity contribution < 1.29 is 9.53 Å². The van der Waals surface area contributed by atoms with E-state index in [4.69, 9.17) is 4.74 Å². The van der Waals surface area contributed by atoms with Crippen molar-refractivity contribution in [1.82, 2.24) is 20.3 Å². The van der Waals surface area contributed by atoms with E-state index in [1.165, 1.54) is 11.3 Å². The second-order valence-corrected chi connectivity index (χ2v) is 7.54. The first-order valence-electron chi connectivity index (χ1n) is 8.85. The van der Waals surface area contributed by atoms with Crippen molar-refractivity contribution in [3.05, 3.63) is 46.2 Å². The van der Waals surface area contributed by atoms with Crippen molar-refractivity contribution >= 4 is 33.4 Å². The van der Waals surface area contributed by atoms with Crippen LogP contribution in [0.25, 0.3) is 10.2 Å². The molecule has 4 heterocycles. The number of aryl methyl sites for hydroxylation is 2. The van der Waals surface area contributed by atoms with Gasteiger partial charge in [-0.3, -0.25) is 4.79 Å². The number of aromatic nitrogens is 3. The number of nitrogens with zero attached hydrogens (tertiary/aromatic N) is 4. The van der Waals surface area contributed by atoms with Crippen LogP contribution in [-0.4, -0.2) is 47.6 Å². The molecule has 1 amide bonds. The number of thiophene rings is 1. The highest BCUT2D eigenvalue weighted by Gasteiger charge is 2.30. The molecule has 7 nitrogen and oxygen atoms in total. The predicted molar refractivity (Wildman–Crippen MR) is 105 cm³/mol. The van der Waals surface area contributed by atoms with Crippen LogP contribution in [0.4, 0.5) is 5.95 Å². The number of anilines is 1. The van der Waals surface area contributed by atoms with Gasteiger partial charge in [0.25, 0.3) is 5.91 Å². The highest BCUT2D eigenvalue weighted by Crippen LogP contribution is 2.37. The molecular weight excluding hydrogens is 362 g/mol. The molecule has 3 aromatic heterocycles. The number of nitrogens with one attached hydrogen (secondary N) is 1. The molecule has 4 rings (SSSR count). The largest absolute Gasteiger partial charge is 0.370 e. The van der Waals surface area contributed by atoms with Gasteiger partial charge in [0, 0.05) is 42.1 Å². The first-order chi connectivity index (χ1) is 13.1. The average Bonchev–Trinajstić information content (AvgIpc) is 3.06. The zero-order chi connectivity index (χ0) is 19.0. The third-order valence-electron chi connectivity index (χ3n) is 4.58. The molecule has 1 atom stereocenters. The van der Waals surface area contributed by atoms with Gasteiger partial charge in [0.15, 0.2) is 0 Å². The van der Waals surface area contributed by atoms with Crippen molar-refractivity contribution in [1.29, 1.82) is 0 Å². The lowest BCUT2D eigenvalue weighted by molar-refractivity contribution is 0.0396. The van der Waals surface area contributed by atoms with Crippen LogP contribution in [0.2, 0.25) is 0 Å². The predicted octanol–water partition coefficient (Wildman–Crippen LogP) is 2.64. The zero-order valence-electron chi connectivity index (χ0n) is 15.5. The lowest BCUT2D eigenvalue weighted by Gasteiger charge is -2.33. The van der Waals surface area contributed by atoms with Gasteiger partial charge in [0.1, 0.15) is 15.8 Å². The molecule has 0 aromatic carbocycles. The van der Waals surface area contributed by atoms with Gasteiger partial charge in [-0.1, -0.05) is 6.07 Å². The number of pyridine rings is 1. The smallest absolute Gasteiger partial charge is 0.261 e. The van der Waals surface area contributed by atoms with Gasteiger partial charge in [0.05, 0.1) is 13.2 Å². The summed E-state index contributed by atoms with van der Waals surface area (Å²) in [7, 11) is 1.64. The lowest BCUT2D eigenvalue weighted by atomic mass is 10.0. The maximum Gasteiger partial charge on any atom is 0.261 e.